The number of halogens is 1. The fourth-order valence-corrected chi connectivity index (χ4v) is 2.17. The van der Waals surface area contributed by atoms with E-state index >= 15 is 0 Å². The number of H-pyrrole nitrogens is 1. The minimum Gasteiger partial charge on any atom is -1.00 e. The van der Waals surface area contributed by atoms with Gasteiger partial charge in [0.15, 0.2) is 0 Å². The molecular weight excluding hydrogens is 280 g/mol. The molecule has 0 unspecified atom stereocenters. The van der Waals surface area contributed by atoms with Crippen molar-refractivity contribution in [3.8, 4) is 5.75 Å². The van der Waals surface area contributed by atoms with Crippen molar-refractivity contribution in [2.75, 3.05) is 20.3 Å². The molecule has 2 aromatic rings. The number of methoxy groups -OCH3 is 1. The van der Waals surface area contributed by atoms with Crippen LogP contribution in [0.2, 0.25) is 0 Å². The fourth-order valence-electron chi connectivity index (χ4n) is 2.17. The average molecular weight is 299 g/mol. The first-order valence-electron chi connectivity index (χ1n) is 6.36. The first-order chi connectivity index (χ1) is 9.21. The number of benzene rings is 1. The van der Waals surface area contributed by atoms with Crippen LogP contribution in [0.5, 0.6) is 5.75 Å². The molecule has 1 aromatic carbocycles. The smallest absolute Gasteiger partial charge is 0.355 e. The van der Waals surface area contributed by atoms with Gasteiger partial charge in [0.1, 0.15) is 11.4 Å². The van der Waals surface area contributed by atoms with Gasteiger partial charge in [-0.3, -0.25) is 0 Å². The normalized spacial score (nSPS) is 10.2. The molecule has 0 saturated heterocycles. The first kappa shape index (κ1) is 16.3. The summed E-state index contributed by atoms with van der Waals surface area (Å²) in [7, 11) is 1.63. The second-order valence-electron chi connectivity index (χ2n) is 4.21. The van der Waals surface area contributed by atoms with E-state index in [9.17, 15) is 4.79 Å². The van der Waals surface area contributed by atoms with Crippen LogP contribution in [0, 0.1) is 0 Å². The first-order valence-corrected chi connectivity index (χ1v) is 6.36. The van der Waals surface area contributed by atoms with Gasteiger partial charge in [-0.25, -0.2) is 4.79 Å². The maximum absolute atomic E-state index is 12.0. The van der Waals surface area contributed by atoms with Crippen molar-refractivity contribution in [2.24, 2.45) is 0 Å². The lowest BCUT2D eigenvalue weighted by molar-refractivity contribution is -0.366. The Morgan fingerprint density at radius 3 is 2.75 bits per heavy atom. The number of hydrogen-bond donors (Lipinski definition) is 2. The topological polar surface area (TPSA) is 79.0 Å². The molecule has 1 aromatic heterocycles. The van der Waals surface area contributed by atoms with Gasteiger partial charge in [-0.2, -0.15) is 0 Å². The van der Waals surface area contributed by atoms with E-state index in [0.717, 1.165) is 35.2 Å². The van der Waals surface area contributed by atoms with Gasteiger partial charge in [0.05, 0.1) is 20.3 Å². The Hall–Kier alpha value is -1.72. The van der Waals surface area contributed by atoms with Crippen molar-refractivity contribution >= 4 is 16.9 Å². The summed E-state index contributed by atoms with van der Waals surface area (Å²) in [6.07, 6.45) is 0.724. The Balaban J connectivity index is 0.00000200. The number of quaternary nitrogens is 1. The molecule has 0 atom stereocenters. The third-order valence-electron chi connectivity index (χ3n) is 3.02. The van der Waals surface area contributed by atoms with Gasteiger partial charge in [0.2, 0.25) is 0 Å². The molecule has 110 valence electrons. The van der Waals surface area contributed by atoms with Crippen LogP contribution in [0.3, 0.4) is 0 Å². The van der Waals surface area contributed by atoms with E-state index in [1.54, 1.807) is 14.0 Å². The summed E-state index contributed by atoms with van der Waals surface area (Å²) in [5.41, 5.74) is 6.24. The lowest BCUT2D eigenvalue weighted by Gasteiger charge is -2.03. The zero-order chi connectivity index (χ0) is 13.8. The lowest BCUT2D eigenvalue weighted by atomic mass is 10.1. The third-order valence-corrected chi connectivity index (χ3v) is 3.02. The van der Waals surface area contributed by atoms with E-state index in [0.29, 0.717) is 12.3 Å². The van der Waals surface area contributed by atoms with Gasteiger partial charge < -0.3 is 32.6 Å². The molecule has 0 aliphatic carbocycles. The highest BCUT2D eigenvalue weighted by atomic mass is 35.5. The molecule has 0 amide bonds. The summed E-state index contributed by atoms with van der Waals surface area (Å²) in [5, 5.41) is 0.992. The molecule has 0 fully saturated rings. The van der Waals surface area contributed by atoms with Crippen LogP contribution in [-0.4, -0.2) is 31.2 Å². The van der Waals surface area contributed by atoms with Crippen LogP contribution in [-0.2, 0) is 11.2 Å². The third kappa shape index (κ3) is 3.05. The Kier molecular flexibility index (Phi) is 5.85. The molecule has 1 heterocycles. The van der Waals surface area contributed by atoms with Crippen molar-refractivity contribution < 1.29 is 32.4 Å². The van der Waals surface area contributed by atoms with Crippen LogP contribution < -0.4 is 22.9 Å². The molecule has 0 saturated carbocycles. The van der Waals surface area contributed by atoms with Gasteiger partial charge in [0.25, 0.3) is 0 Å². The minimum absolute atomic E-state index is 0. The van der Waals surface area contributed by atoms with E-state index < -0.39 is 0 Å². The van der Waals surface area contributed by atoms with Crippen molar-refractivity contribution in [1.82, 2.24) is 4.98 Å². The van der Waals surface area contributed by atoms with Crippen LogP contribution in [0.1, 0.15) is 23.0 Å². The quantitative estimate of drug-likeness (QED) is 0.636. The predicted molar refractivity (Wildman–Crippen MR) is 72.3 cm³/mol. The Morgan fingerprint density at radius 1 is 1.40 bits per heavy atom. The van der Waals surface area contributed by atoms with Gasteiger partial charge in [-0.15, -0.1) is 0 Å². The number of carbonyl (C=O) groups is 1. The van der Waals surface area contributed by atoms with Gasteiger partial charge in [0, 0.05) is 17.3 Å². The van der Waals surface area contributed by atoms with Crippen molar-refractivity contribution in [1.29, 1.82) is 0 Å². The molecule has 0 aliphatic heterocycles. The number of rotatable bonds is 5. The lowest BCUT2D eigenvalue weighted by Crippen LogP contribution is -3.00. The highest BCUT2D eigenvalue weighted by Crippen LogP contribution is 2.27. The maximum Gasteiger partial charge on any atom is 0.355 e. The Labute approximate surface area is 123 Å². The largest absolute Gasteiger partial charge is 1.00 e. The van der Waals surface area contributed by atoms with Gasteiger partial charge in [-0.1, -0.05) is 0 Å². The summed E-state index contributed by atoms with van der Waals surface area (Å²) >= 11 is 0. The summed E-state index contributed by atoms with van der Waals surface area (Å²) in [6, 6.07) is 5.70. The second-order valence-corrected chi connectivity index (χ2v) is 4.21. The van der Waals surface area contributed by atoms with Gasteiger partial charge >= 0.3 is 5.97 Å². The number of nitrogens with one attached hydrogen (secondary N) is 1. The number of aromatic amines is 1. The van der Waals surface area contributed by atoms with Crippen molar-refractivity contribution in [3.05, 3.63) is 29.5 Å². The predicted octanol–water partition coefficient (Wildman–Crippen LogP) is -1.86. The van der Waals surface area contributed by atoms with E-state index in [4.69, 9.17) is 9.47 Å². The molecule has 0 radical (unpaired) electrons. The highest BCUT2D eigenvalue weighted by Gasteiger charge is 2.19. The molecular formula is C14H19ClN2O3. The molecule has 0 spiro atoms. The summed E-state index contributed by atoms with van der Waals surface area (Å²) < 4.78 is 10.3. The second kappa shape index (κ2) is 7.17. The number of esters is 1. The van der Waals surface area contributed by atoms with E-state index in [-0.39, 0.29) is 18.4 Å². The Morgan fingerprint density at radius 2 is 2.15 bits per heavy atom. The molecule has 20 heavy (non-hydrogen) atoms. The average Bonchev–Trinajstić information content (AvgIpc) is 2.78. The molecule has 6 heteroatoms. The Bertz CT molecular complexity index is 595. The van der Waals surface area contributed by atoms with Crippen LogP contribution in [0.4, 0.5) is 0 Å². The summed E-state index contributed by atoms with van der Waals surface area (Å²) in [6.45, 7) is 2.88. The molecule has 0 bridgehead atoms. The molecule has 5 nitrogen and oxygen atoms in total. The standard InChI is InChI=1S/C14H18N2O3.ClH/c1-3-19-14(17)13-10(6-7-15)11-8-9(18-2)4-5-12(11)16-13;/h4-5,8,16H,3,6-7,15H2,1-2H3;1H. The highest BCUT2D eigenvalue weighted by molar-refractivity contribution is 5.98. The monoisotopic (exact) mass is 298 g/mol. The summed E-state index contributed by atoms with van der Waals surface area (Å²) in [5.74, 6) is 0.452. The zero-order valence-corrected chi connectivity index (χ0v) is 12.4. The van der Waals surface area contributed by atoms with Crippen LogP contribution in [0.15, 0.2) is 18.2 Å². The summed E-state index contributed by atoms with van der Waals surface area (Å²) in [4.78, 5) is 15.1. The number of ether oxygens (including phenoxy) is 2. The molecule has 4 N–H and O–H groups in total. The fraction of sp³-hybridized carbons (Fsp3) is 0.357. The number of fused-ring (bicyclic) bond motifs is 1. The van der Waals surface area contributed by atoms with E-state index in [2.05, 4.69) is 10.7 Å². The van der Waals surface area contributed by atoms with Crippen molar-refractivity contribution in [2.45, 2.75) is 13.3 Å². The van der Waals surface area contributed by atoms with E-state index in [1.807, 2.05) is 18.2 Å². The van der Waals surface area contributed by atoms with Crippen LogP contribution in [0.25, 0.3) is 10.9 Å². The van der Waals surface area contributed by atoms with Crippen LogP contribution >= 0.6 is 0 Å². The van der Waals surface area contributed by atoms with Gasteiger partial charge in [-0.05, 0) is 30.7 Å². The minimum atomic E-state index is -0.318. The number of carbonyl (C=O) groups excluding carboxylic acids is 1. The number of aromatic nitrogens is 1. The number of hydrogen-bond acceptors (Lipinski definition) is 3. The molecule has 0 aliphatic rings. The zero-order valence-electron chi connectivity index (χ0n) is 11.7. The SMILES string of the molecule is CCOC(=O)c1[nH]c2ccc(OC)cc2c1CC[NH3+].[Cl-]. The van der Waals surface area contributed by atoms with E-state index in [1.165, 1.54) is 0 Å². The van der Waals surface area contributed by atoms with Crippen molar-refractivity contribution in [3.63, 3.8) is 0 Å². The molecule has 2 rings (SSSR count). The maximum atomic E-state index is 12.0.